The summed E-state index contributed by atoms with van der Waals surface area (Å²) in [4.78, 5) is 12.4. The fourth-order valence-electron chi connectivity index (χ4n) is 2.86. The zero-order chi connectivity index (χ0) is 16.6. The maximum Gasteiger partial charge on any atom is 0.342 e. The normalized spacial score (nSPS) is 18.8. The predicted molar refractivity (Wildman–Crippen MR) is 91.2 cm³/mol. The van der Waals surface area contributed by atoms with Crippen molar-refractivity contribution in [1.29, 1.82) is 0 Å². The molecule has 118 valence electrons. The molecule has 1 atom stereocenters. The van der Waals surface area contributed by atoms with Gasteiger partial charge in [0.2, 0.25) is 0 Å². The van der Waals surface area contributed by atoms with Gasteiger partial charge < -0.3 is 9.47 Å². The van der Waals surface area contributed by atoms with Crippen LogP contribution in [0, 0.1) is 0 Å². The summed E-state index contributed by atoms with van der Waals surface area (Å²) >= 11 is 6.00. The van der Waals surface area contributed by atoms with E-state index in [0.29, 0.717) is 27.5 Å². The molecule has 0 aromatic heterocycles. The van der Waals surface area contributed by atoms with Crippen molar-refractivity contribution in [2.24, 2.45) is 0 Å². The smallest absolute Gasteiger partial charge is 0.342 e. The first-order valence-electron chi connectivity index (χ1n) is 7.52. The summed E-state index contributed by atoms with van der Waals surface area (Å²) in [6.07, 6.45) is 0. The van der Waals surface area contributed by atoms with E-state index in [-0.39, 0.29) is 0 Å². The van der Waals surface area contributed by atoms with Crippen molar-refractivity contribution in [3.63, 3.8) is 0 Å². The molecular weight excluding hydrogens is 324 g/mol. The van der Waals surface area contributed by atoms with Gasteiger partial charge in [-0.1, -0.05) is 41.9 Å². The first-order valence-corrected chi connectivity index (χ1v) is 7.90. The number of para-hydroxylation sites is 1. The van der Waals surface area contributed by atoms with Gasteiger partial charge in [0.1, 0.15) is 5.75 Å². The second-order valence-electron chi connectivity index (χ2n) is 5.47. The fraction of sp³-hybridized carbons (Fsp3) is 0.0500. The van der Waals surface area contributed by atoms with Gasteiger partial charge in [0.05, 0.1) is 11.1 Å². The van der Waals surface area contributed by atoms with Crippen molar-refractivity contribution in [1.82, 2.24) is 0 Å². The summed E-state index contributed by atoms with van der Waals surface area (Å²) in [7, 11) is 0. The minimum absolute atomic E-state index is 0.406. The lowest BCUT2D eigenvalue weighted by Gasteiger charge is -2.30. The van der Waals surface area contributed by atoms with E-state index in [9.17, 15) is 4.79 Å². The highest BCUT2D eigenvalue weighted by molar-refractivity contribution is 6.30. The summed E-state index contributed by atoms with van der Waals surface area (Å²) in [5, 5.41) is 0.603. The van der Waals surface area contributed by atoms with Crippen LogP contribution in [0.2, 0.25) is 5.02 Å². The highest BCUT2D eigenvalue weighted by atomic mass is 35.5. The van der Waals surface area contributed by atoms with Gasteiger partial charge >= 0.3 is 11.8 Å². The number of carbonyl (C=O) groups excluding carboxylic acids is 1. The number of esters is 1. The van der Waals surface area contributed by atoms with Crippen LogP contribution < -0.4 is 4.74 Å². The van der Waals surface area contributed by atoms with Gasteiger partial charge in [0.25, 0.3) is 0 Å². The van der Waals surface area contributed by atoms with Gasteiger partial charge in [-0.25, -0.2) is 4.79 Å². The van der Waals surface area contributed by atoms with E-state index in [1.807, 2.05) is 42.5 Å². The van der Waals surface area contributed by atoms with E-state index >= 15 is 0 Å². The number of carbonyl (C=O) groups is 1. The van der Waals surface area contributed by atoms with Gasteiger partial charge in [-0.3, -0.25) is 0 Å². The Bertz CT molecular complexity index is 890. The lowest BCUT2D eigenvalue weighted by Crippen LogP contribution is -2.34. The molecule has 0 N–H and O–H groups in total. The summed E-state index contributed by atoms with van der Waals surface area (Å²) in [5.41, 5.74) is 1.89. The third kappa shape index (κ3) is 2.34. The molecule has 3 nitrogen and oxygen atoms in total. The molecule has 0 saturated heterocycles. The van der Waals surface area contributed by atoms with Crippen LogP contribution >= 0.6 is 11.6 Å². The monoisotopic (exact) mass is 336 g/mol. The molecule has 3 aromatic carbocycles. The van der Waals surface area contributed by atoms with Crippen LogP contribution in [0.3, 0.4) is 0 Å². The van der Waals surface area contributed by atoms with Gasteiger partial charge in [-0.05, 0) is 48.5 Å². The molecule has 4 rings (SSSR count). The van der Waals surface area contributed by atoms with Crippen molar-refractivity contribution in [2.45, 2.75) is 5.79 Å². The molecule has 0 bridgehead atoms. The minimum Gasteiger partial charge on any atom is -0.444 e. The van der Waals surface area contributed by atoms with Crippen LogP contribution in [-0.2, 0) is 10.5 Å². The van der Waals surface area contributed by atoms with Crippen molar-refractivity contribution >= 4 is 17.6 Å². The number of hydrogen-bond donors (Lipinski definition) is 0. The van der Waals surface area contributed by atoms with E-state index in [2.05, 4.69) is 0 Å². The third-order valence-corrected chi connectivity index (χ3v) is 4.22. The van der Waals surface area contributed by atoms with Crippen molar-refractivity contribution < 1.29 is 14.3 Å². The first-order chi connectivity index (χ1) is 11.7. The van der Waals surface area contributed by atoms with Crippen molar-refractivity contribution in [2.75, 3.05) is 0 Å². The number of hydrogen-bond acceptors (Lipinski definition) is 3. The van der Waals surface area contributed by atoms with Gasteiger partial charge in [-0.2, -0.15) is 0 Å². The Kier molecular flexibility index (Phi) is 3.51. The summed E-state index contributed by atoms with van der Waals surface area (Å²) in [5.74, 6) is -1.12. The second kappa shape index (κ2) is 5.69. The molecule has 0 unspecified atom stereocenters. The molecule has 0 spiro atoms. The van der Waals surface area contributed by atoms with E-state index in [1.165, 1.54) is 0 Å². The van der Waals surface area contributed by atoms with Crippen molar-refractivity contribution in [3.8, 4) is 5.75 Å². The highest BCUT2D eigenvalue weighted by Crippen LogP contribution is 2.43. The Hall–Kier alpha value is -2.78. The standard InChI is InChI=1S/C20H13ClO3/c21-15-12-10-14(11-13-15)20(23-16-6-2-1-3-7-16)18-9-5-4-8-17(18)19(22)24-20/h1-13H/t20-/m0/s1. The van der Waals surface area contributed by atoms with Crippen LogP contribution in [0.5, 0.6) is 5.75 Å². The van der Waals surface area contributed by atoms with E-state index in [4.69, 9.17) is 21.1 Å². The molecule has 0 amide bonds. The Morgan fingerprint density at radius 2 is 1.50 bits per heavy atom. The van der Waals surface area contributed by atoms with E-state index in [0.717, 1.165) is 0 Å². The molecule has 1 heterocycles. The maximum atomic E-state index is 12.4. The largest absolute Gasteiger partial charge is 0.444 e. The van der Waals surface area contributed by atoms with Gasteiger partial charge in [-0.15, -0.1) is 0 Å². The molecule has 0 saturated carbocycles. The molecule has 0 radical (unpaired) electrons. The van der Waals surface area contributed by atoms with Gasteiger partial charge in [0.15, 0.2) is 0 Å². The van der Waals surface area contributed by atoms with Crippen LogP contribution in [0.4, 0.5) is 0 Å². The molecule has 0 fully saturated rings. The zero-order valence-corrected chi connectivity index (χ0v) is 13.4. The Labute approximate surface area is 144 Å². The summed E-state index contributed by atoms with van der Waals surface area (Å²) in [6.45, 7) is 0. The number of benzene rings is 3. The molecule has 3 aromatic rings. The number of rotatable bonds is 3. The summed E-state index contributed by atoms with van der Waals surface area (Å²) < 4.78 is 11.9. The lowest BCUT2D eigenvalue weighted by molar-refractivity contribution is -0.108. The molecule has 0 aliphatic carbocycles. The maximum absolute atomic E-state index is 12.4. The van der Waals surface area contributed by atoms with Crippen LogP contribution in [0.15, 0.2) is 78.9 Å². The zero-order valence-electron chi connectivity index (χ0n) is 12.6. The Balaban J connectivity index is 1.91. The molecular formula is C20H13ClO3. The SMILES string of the molecule is O=C1O[C@@](Oc2ccccc2)(c2ccc(Cl)cc2)c2ccccc21. The molecule has 24 heavy (non-hydrogen) atoms. The quantitative estimate of drug-likeness (QED) is 0.645. The third-order valence-electron chi connectivity index (χ3n) is 3.97. The predicted octanol–water partition coefficient (Wildman–Crippen LogP) is 4.79. The van der Waals surface area contributed by atoms with Crippen molar-refractivity contribution in [3.05, 3.63) is 101 Å². The second-order valence-corrected chi connectivity index (χ2v) is 5.91. The number of ether oxygens (including phenoxy) is 2. The highest BCUT2D eigenvalue weighted by Gasteiger charge is 2.49. The van der Waals surface area contributed by atoms with Gasteiger partial charge in [0, 0.05) is 10.6 Å². The molecule has 4 heteroatoms. The first kappa shape index (κ1) is 14.8. The average Bonchev–Trinajstić information content (AvgIpc) is 2.90. The lowest BCUT2D eigenvalue weighted by atomic mass is 9.95. The number of cyclic esters (lactones) is 1. The van der Waals surface area contributed by atoms with Crippen LogP contribution in [-0.4, -0.2) is 5.97 Å². The number of halogens is 1. The Morgan fingerprint density at radius 1 is 0.833 bits per heavy atom. The van der Waals surface area contributed by atoms with E-state index in [1.54, 1.807) is 36.4 Å². The average molecular weight is 337 g/mol. The number of fused-ring (bicyclic) bond motifs is 1. The Morgan fingerprint density at radius 3 is 2.25 bits per heavy atom. The fourth-order valence-corrected chi connectivity index (χ4v) is 2.99. The van der Waals surface area contributed by atoms with Crippen LogP contribution in [0.25, 0.3) is 0 Å². The summed E-state index contributed by atoms with van der Waals surface area (Å²) in [6, 6.07) is 23.7. The topological polar surface area (TPSA) is 35.5 Å². The molecule has 1 aliphatic heterocycles. The van der Waals surface area contributed by atoms with E-state index < -0.39 is 11.8 Å². The minimum atomic E-state index is -1.32. The molecule has 1 aliphatic rings. The van der Waals surface area contributed by atoms with Crippen LogP contribution in [0.1, 0.15) is 21.5 Å².